The van der Waals surface area contributed by atoms with Gasteiger partial charge < -0.3 is 15.1 Å². The number of hydrogen-bond donors (Lipinski definition) is 1. The van der Waals surface area contributed by atoms with Crippen molar-refractivity contribution in [1.29, 1.82) is 0 Å². The number of rotatable bonds is 4. The molecule has 2 aliphatic heterocycles. The Morgan fingerprint density at radius 1 is 1.16 bits per heavy atom. The number of carbonyl (C=O) groups is 2. The number of para-hydroxylation sites is 1. The summed E-state index contributed by atoms with van der Waals surface area (Å²) in [6.07, 6.45) is 2.72. The maximum absolute atomic E-state index is 12.8. The lowest BCUT2D eigenvalue weighted by molar-refractivity contribution is -0.133. The van der Waals surface area contributed by atoms with Gasteiger partial charge in [0.15, 0.2) is 0 Å². The van der Waals surface area contributed by atoms with Crippen molar-refractivity contribution in [3.63, 3.8) is 0 Å². The Kier molecular flexibility index (Phi) is 5.99. The Bertz CT molecular complexity index is 1130. The minimum atomic E-state index is -0.498. The number of hydrogen-bond acceptors (Lipinski definition) is 4. The highest BCUT2D eigenvalue weighted by Gasteiger charge is 2.32. The molecule has 0 radical (unpaired) electrons. The third kappa shape index (κ3) is 4.16. The first-order chi connectivity index (χ1) is 14.9. The summed E-state index contributed by atoms with van der Waals surface area (Å²) in [6.45, 7) is 3.40. The molecule has 4 rings (SSSR count). The summed E-state index contributed by atoms with van der Waals surface area (Å²) in [7, 11) is 0. The third-order valence-electron chi connectivity index (χ3n) is 5.94. The number of carbonyl (C=O) groups excluding carboxylic acids is 2. The van der Waals surface area contributed by atoms with Gasteiger partial charge in [-0.25, -0.2) is 9.59 Å². The fraction of sp³-hybridized carbons (Fsp3) is 0.429. The largest absolute Gasteiger partial charge is 0.341 e. The van der Waals surface area contributed by atoms with E-state index in [2.05, 4.69) is 21.2 Å². The van der Waals surface area contributed by atoms with Crippen LogP contribution in [0.5, 0.6) is 0 Å². The van der Waals surface area contributed by atoms with Crippen LogP contribution in [0.2, 0.25) is 0 Å². The van der Waals surface area contributed by atoms with Gasteiger partial charge in [0, 0.05) is 44.1 Å². The van der Waals surface area contributed by atoms with Crippen LogP contribution in [0.3, 0.4) is 0 Å². The van der Waals surface area contributed by atoms with Crippen LogP contribution in [-0.4, -0.2) is 50.0 Å². The van der Waals surface area contributed by atoms with Gasteiger partial charge in [-0.15, -0.1) is 0 Å². The van der Waals surface area contributed by atoms with Crippen LogP contribution in [-0.2, 0) is 24.4 Å². The zero-order valence-corrected chi connectivity index (χ0v) is 18.8. The Balaban J connectivity index is 1.40. The summed E-state index contributed by atoms with van der Waals surface area (Å²) in [5.41, 5.74) is 1.03. The molecule has 1 saturated heterocycles. The predicted molar refractivity (Wildman–Crippen MR) is 119 cm³/mol. The molecule has 3 amide bonds. The molecule has 0 saturated carbocycles. The molecule has 3 heterocycles. The summed E-state index contributed by atoms with van der Waals surface area (Å²) in [5.74, 6) is -0.179. The van der Waals surface area contributed by atoms with E-state index >= 15 is 0 Å². The molecule has 0 aliphatic carbocycles. The fourth-order valence-corrected chi connectivity index (χ4v) is 4.66. The van der Waals surface area contributed by atoms with Crippen molar-refractivity contribution in [3.05, 3.63) is 61.3 Å². The first-order valence-corrected chi connectivity index (χ1v) is 11.1. The maximum atomic E-state index is 12.8. The van der Waals surface area contributed by atoms with Crippen molar-refractivity contribution in [3.8, 4) is 0 Å². The van der Waals surface area contributed by atoms with Gasteiger partial charge in [0.2, 0.25) is 5.91 Å². The van der Waals surface area contributed by atoms with E-state index in [0.717, 1.165) is 15.8 Å². The Labute approximate surface area is 187 Å². The van der Waals surface area contributed by atoms with Gasteiger partial charge in [-0.3, -0.25) is 18.7 Å². The molecule has 1 fully saturated rings. The molecule has 164 valence electrons. The summed E-state index contributed by atoms with van der Waals surface area (Å²) in [4.78, 5) is 53.4. The third-order valence-corrected chi connectivity index (χ3v) is 6.48. The summed E-state index contributed by atoms with van der Waals surface area (Å²) >= 11 is 3.17. The number of urea groups is 1. The van der Waals surface area contributed by atoms with E-state index in [4.69, 9.17) is 0 Å². The van der Waals surface area contributed by atoms with Crippen molar-refractivity contribution >= 4 is 33.6 Å². The molecule has 9 nitrogen and oxygen atoms in total. The number of nitrogens with one attached hydrogen (secondary N) is 1. The molecule has 1 N–H and O–H groups in total. The normalized spacial score (nSPS) is 16.8. The molecule has 31 heavy (non-hydrogen) atoms. The molecule has 0 atom stereocenters. The monoisotopic (exact) mass is 489 g/mol. The van der Waals surface area contributed by atoms with E-state index in [1.807, 2.05) is 29.2 Å². The van der Waals surface area contributed by atoms with Gasteiger partial charge in [0.25, 0.3) is 5.56 Å². The first kappa shape index (κ1) is 21.4. The maximum Gasteiger partial charge on any atom is 0.331 e. The summed E-state index contributed by atoms with van der Waals surface area (Å²) in [6, 6.07) is 7.70. The average molecular weight is 490 g/mol. The highest BCUT2D eigenvalue weighted by Crippen LogP contribution is 2.27. The molecule has 1 aromatic carbocycles. The Morgan fingerprint density at radius 3 is 2.58 bits per heavy atom. The van der Waals surface area contributed by atoms with Gasteiger partial charge in [-0.1, -0.05) is 18.2 Å². The highest BCUT2D eigenvalue weighted by molar-refractivity contribution is 9.10. The quantitative estimate of drug-likeness (QED) is 0.708. The van der Waals surface area contributed by atoms with Gasteiger partial charge in [-0.05, 0) is 47.3 Å². The number of aromatic nitrogens is 2. The van der Waals surface area contributed by atoms with E-state index in [0.29, 0.717) is 32.5 Å². The van der Waals surface area contributed by atoms with Gasteiger partial charge >= 0.3 is 11.7 Å². The molecule has 10 heteroatoms. The van der Waals surface area contributed by atoms with Crippen LogP contribution in [0.1, 0.15) is 25.3 Å². The van der Waals surface area contributed by atoms with Crippen molar-refractivity contribution in [2.75, 3.05) is 18.4 Å². The predicted octanol–water partition coefficient (Wildman–Crippen LogP) is 1.83. The average Bonchev–Trinajstić information content (AvgIpc) is 2.77. The second kappa shape index (κ2) is 8.70. The van der Waals surface area contributed by atoms with Gasteiger partial charge in [-0.2, -0.15) is 0 Å². The standard InChI is InChI=1S/C21H24BrN5O4/c1-2-26-19(29)16(22)12-25(21(26)31)13-18(28)24-9-7-15(8-10-24)27-11-14-5-3-4-6-17(14)23-20(27)30/h3-6,12,15H,2,7-11,13H2,1H3,(H,23,30). The second-order valence-corrected chi connectivity index (χ2v) is 8.62. The highest BCUT2D eigenvalue weighted by atomic mass is 79.9. The smallest absolute Gasteiger partial charge is 0.331 e. The van der Waals surface area contributed by atoms with Crippen LogP contribution in [0.25, 0.3) is 0 Å². The van der Waals surface area contributed by atoms with E-state index in [-0.39, 0.29) is 35.5 Å². The number of benzene rings is 1. The number of likely N-dealkylation sites (tertiary alicyclic amines) is 1. The molecule has 2 aliphatic rings. The molecular weight excluding hydrogens is 466 g/mol. The number of nitrogens with zero attached hydrogens (tertiary/aromatic N) is 4. The number of halogens is 1. The van der Waals surface area contributed by atoms with Crippen molar-refractivity contribution in [2.45, 2.75) is 45.4 Å². The van der Waals surface area contributed by atoms with E-state index in [9.17, 15) is 19.2 Å². The SMILES string of the molecule is CCn1c(=O)c(Br)cn(CC(=O)N2CCC(N3Cc4ccccc4NC3=O)CC2)c1=O. The zero-order valence-electron chi connectivity index (χ0n) is 17.2. The number of fused-ring (bicyclic) bond motifs is 1. The van der Waals surface area contributed by atoms with Crippen molar-refractivity contribution < 1.29 is 9.59 Å². The first-order valence-electron chi connectivity index (χ1n) is 10.3. The van der Waals surface area contributed by atoms with Crippen LogP contribution >= 0.6 is 15.9 Å². The van der Waals surface area contributed by atoms with E-state index in [1.54, 1.807) is 11.8 Å². The van der Waals surface area contributed by atoms with E-state index in [1.165, 1.54) is 10.8 Å². The lowest BCUT2D eigenvalue weighted by Crippen LogP contribution is -2.51. The number of anilines is 1. The molecule has 0 unspecified atom stereocenters. The molecule has 1 aromatic heterocycles. The van der Waals surface area contributed by atoms with Crippen molar-refractivity contribution in [2.24, 2.45) is 0 Å². The lowest BCUT2D eigenvalue weighted by atomic mass is 10.0. The molecular formula is C21H24BrN5O4. The fourth-order valence-electron chi connectivity index (χ4n) is 4.20. The van der Waals surface area contributed by atoms with Crippen molar-refractivity contribution in [1.82, 2.24) is 18.9 Å². The zero-order chi connectivity index (χ0) is 22.1. The lowest BCUT2D eigenvalue weighted by Gasteiger charge is -2.40. The van der Waals surface area contributed by atoms with Gasteiger partial charge in [0.05, 0.1) is 4.47 Å². The Morgan fingerprint density at radius 2 is 1.87 bits per heavy atom. The molecule has 2 aromatic rings. The number of piperidine rings is 1. The summed E-state index contributed by atoms with van der Waals surface area (Å²) < 4.78 is 2.60. The topological polar surface area (TPSA) is 96.7 Å². The minimum absolute atomic E-state index is 0.0521. The van der Waals surface area contributed by atoms with E-state index < -0.39 is 11.2 Å². The van der Waals surface area contributed by atoms with Crippen LogP contribution in [0.15, 0.2) is 44.5 Å². The molecule has 0 spiro atoms. The van der Waals surface area contributed by atoms with Crippen LogP contribution < -0.4 is 16.6 Å². The van der Waals surface area contributed by atoms with Gasteiger partial charge in [0.1, 0.15) is 6.54 Å². The summed E-state index contributed by atoms with van der Waals surface area (Å²) in [5, 5.41) is 2.94. The van der Waals surface area contributed by atoms with Crippen LogP contribution in [0, 0.1) is 0 Å². The van der Waals surface area contributed by atoms with Crippen LogP contribution in [0.4, 0.5) is 10.5 Å². The second-order valence-electron chi connectivity index (χ2n) is 7.76. The number of amides is 3. The molecule has 0 bridgehead atoms. The minimum Gasteiger partial charge on any atom is -0.341 e. The Hall–Kier alpha value is -2.88.